The van der Waals surface area contributed by atoms with E-state index in [0.717, 1.165) is 5.56 Å². The summed E-state index contributed by atoms with van der Waals surface area (Å²) >= 11 is 0. The minimum absolute atomic E-state index is 0.139. The maximum Gasteiger partial charge on any atom is 0.293 e. The molecule has 0 heterocycles. The number of nitro groups is 1. The van der Waals surface area contributed by atoms with Crippen LogP contribution in [0.1, 0.15) is 29.8 Å². The number of aryl methyl sites for hydroxylation is 1. The number of benzene rings is 2. The van der Waals surface area contributed by atoms with Gasteiger partial charge in [0.05, 0.1) is 18.1 Å². The van der Waals surface area contributed by atoms with E-state index in [2.05, 4.69) is 5.32 Å². The molecule has 0 bridgehead atoms. The van der Waals surface area contributed by atoms with E-state index in [1.165, 1.54) is 12.1 Å². The van der Waals surface area contributed by atoms with Crippen molar-refractivity contribution in [1.82, 2.24) is 0 Å². The summed E-state index contributed by atoms with van der Waals surface area (Å²) in [6.45, 7) is 6.31. The number of amides is 1. The molecule has 0 saturated heterocycles. The molecule has 7 heteroatoms. The summed E-state index contributed by atoms with van der Waals surface area (Å²) in [6.07, 6.45) is 0. The molecular formula is C18H20N2O5. The highest BCUT2D eigenvalue weighted by molar-refractivity contribution is 6.06. The molecule has 1 N–H and O–H groups in total. The highest BCUT2D eigenvalue weighted by atomic mass is 16.6. The van der Waals surface area contributed by atoms with Crippen molar-refractivity contribution >= 4 is 17.3 Å². The number of hydrogen-bond donors (Lipinski definition) is 1. The zero-order chi connectivity index (χ0) is 18.4. The van der Waals surface area contributed by atoms with Gasteiger partial charge in [-0.15, -0.1) is 0 Å². The summed E-state index contributed by atoms with van der Waals surface area (Å²) in [5.74, 6) is 0.517. The molecular weight excluding hydrogens is 324 g/mol. The highest BCUT2D eigenvalue weighted by Gasteiger charge is 2.18. The van der Waals surface area contributed by atoms with Gasteiger partial charge in [0.25, 0.3) is 11.6 Å². The van der Waals surface area contributed by atoms with Crippen molar-refractivity contribution in [2.45, 2.75) is 20.8 Å². The minimum Gasteiger partial charge on any atom is -0.494 e. The lowest BCUT2D eigenvalue weighted by Gasteiger charge is -2.11. The van der Waals surface area contributed by atoms with Crippen LogP contribution >= 0.6 is 0 Å². The monoisotopic (exact) mass is 344 g/mol. The van der Waals surface area contributed by atoms with Gasteiger partial charge in [0.15, 0.2) is 0 Å². The fourth-order valence-corrected chi connectivity index (χ4v) is 2.30. The Morgan fingerprint density at radius 3 is 2.20 bits per heavy atom. The lowest BCUT2D eigenvalue weighted by molar-refractivity contribution is -0.384. The number of rotatable bonds is 7. The zero-order valence-corrected chi connectivity index (χ0v) is 14.4. The Hall–Kier alpha value is -3.09. The highest BCUT2D eigenvalue weighted by Crippen LogP contribution is 2.28. The predicted molar refractivity (Wildman–Crippen MR) is 94.6 cm³/mol. The molecule has 2 aromatic rings. The summed E-state index contributed by atoms with van der Waals surface area (Å²) in [5, 5.41) is 13.8. The number of carbonyl (C=O) groups is 1. The normalized spacial score (nSPS) is 10.2. The number of nitro benzene ring substituents is 1. The first-order chi connectivity index (χ1) is 11.9. The second kappa shape index (κ2) is 8.14. The van der Waals surface area contributed by atoms with Crippen molar-refractivity contribution in [3.8, 4) is 11.5 Å². The van der Waals surface area contributed by atoms with Gasteiger partial charge >= 0.3 is 0 Å². The Labute approximate surface area is 145 Å². The van der Waals surface area contributed by atoms with E-state index >= 15 is 0 Å². The van der Waals surface area contributed by atoms with Crippen LogP contribution in [0.2, 0.25) is 0 Å². The average Bonchev–Trinajstić information content (AvgIpc) is 2.56. The van der Waals surface area contributed by atoms with Gasteiger partial charge in [-0.05, 0) is 44.5 Å². The smallest absolute Gasteiger partial charge is 0.293 e. The minimum atomic E-state index is -0.523. The van der Waals surface area contributed by atoms with Crippen LogP contribution < -0.4 is 14.8 Å². The molecule has 0 aliphatic rings. The Balaban J connectivity index is 2.33. The van der Waals surface area contributed by atoms with Crippen LogP contribution in [0.25, 0.3) is 0 Å². The SMILES string of the molecule is CCOc1cc(OCC)cc(C(=O)Nc2ccc(C)cc2[N+](=O)[O-])c1. The molecule has 0 fully saturated rings. The molecule has 0 saturated carbocycles. The lowest BCUT2D eigenvalue weighted by atomic mass is 10.1. The topological polar surface area (TPSA) is 90.7 Å². The van der Waals surface area contributed by atoms with E-state index in [1.807, 2.05) is 13.8 Å². The van der Waals surface area contributed by atoms with Crippen LogP contribution in [0.3, 0.4) is 0 Å². The summed E-state index contributed by atoms with van der Waals surface area (Å²) in [6, 6.07) is 9.46. The summed E-state index contributed by atoms with van der Waals surface area (Å²) in [4.78, 5) is 23.2. The molecule has 7 nitrogen and oxygen atoms in total. The molecule has 25 heavy (non-hydrogen) atoms. The van der Waals surface area contributed by atoms with E-state index in [4.69, 9.17) is 9.47 Å². The average molecular weight is 344 g/mol. The van der Waals surface area contributed by atoms with E-state index in [1.54, 1.807) is 31.2 Å². The molecule has 132 valence electrons. The van der Waals surface area contributed by atoms with E-state index in [-0.39, 0.29) is 11.4 Å². The molecule has 0 atom stereocenters. The van der Waals surface area contributed by atoms with Crippen molar-refractivity contribution < 1.29 is 19.2 Å². The van der Waals surface area contributed by atoms with E-state index < -0.39 is 10.8 Å². The number of ether oxygens (including phenoxy) is 2. The first-order valence-corrected chi connectivity index (χ1v) is 7.91. The van der Waals surface area contributed by atoms with Gasteiger partial charge in [0, 0.05) is 17.7 Å². The standard InChI is InChI=1S/C18H20N2O5/c1-4-24-14-9-13(10-15(11-14)25-5-2)18(21)19-16-7-6-12(3)8-17(16)20(22)23/h6-11H,4-5H2,1-3H3,(H,19,21). The quantitative estimate of drug-likeness (QED) is 0.606. The Morgan fingerprint density at radius 2 is 1.68 bits per heavy atom. The molecule has 0 spiro atoms. The predicted octanol–water partition coefficient (Wildman–Crippen LogP) is 3.95. The lowest BCUT2D eigenvalue weighted by Crippen LogP contribution is -2.14. The molecule has 2 aromatic carbocycles. The first kappa shape index (κ1) is 18.3. The van der Waals surface area contributed by atoms with Gasteiger partial charge in [-0.3, -0.25) is 14.9 Å². The van der Waals surface area contributed by atoms with Crippen LogP contribution in [0.5, 0.6) is 11.5 Å². The molecule has 0 radical (unpaired) electrons. The summed E-state index contributed by atoms with van der Waals surface area (Å²) in [5.41, 5.74) is 1.02. The van der Waals surface area contributed by atoms with E-state index in [9.17, 15) is 14.9 Å². The van der Waals surface area contributed by atoms with Crippen LogP contribution in [0.4, 0.5) is 11.4 Å². The maximum absolute atomic E-state index is 12.5. The van der Waals surface area contributed by atoms with Gasteiger partial charge in [0.1, 0.15) is 17.2 Å². The third kappa shape index (κ3) is 4.69. The van der Waals surface area contributed by atoms with Crippen LogP contribution in [0, 0.1) is 17.0 Å². The van der Waals surface area contributed by atoms with Gasteiger partial charge in [-0.2, -0.15) is 0 Å². The Morgan fingerprint density at radius 1 is 1.08 bits per heavy atom. The molecule has 0 aromatic heterocycles. The number of anilines is 1. The Bertz CT molecular complexity index is 765. The third-order valence-corrected chi connectivity index (χ3v) is 3.36. The van der Waals surface area contributed by atoms with E-state index in [0.29, 0.717) is 30.3 Å². The largest absolute Gasteiger partial charge is 0.494 e. The van der Waals surface area contributed by atoms with Gasteiger partial charge in [0.2, 0.25) is 0 Å². The van der Waals surface area contributed by atoms with Crippen molar-refractivity contribution in [1.29, 1.82) is 0 Å². The van der Waals surface area contributed by atoms with Crippen LogP contribution in [0.15, 0.2) is 36.4 Å². The summed E-state index contributed by atoms with van der Waals surface area (Å²) < 4.78 is 10.9. The zero-order valence-electron chi connectivity index (χ0n) is 14.4. The van der Waals surface area contributed by atoms with Crippen LogP contribution in [-0.4, -0.2) is 24.0 Å². The Kier molecular flexibility index (Phi) is 5.94. The second-order valence-electron chi connectivity index (χ2n) is 5.29. The number of hydrogen-bond acceptors (Lipinski definition) is 5. The first-order valence-electron chi connectivity index (χ1n) is 7.91. The fraction of sp³-hybridized carbons (Fsp3) is 0.278. The molecule has 0 aliphatic carbocycles. The molecule has 0 aliphatic heterocycles. The van der Waals surface area contributed by atoms with Crippen molar-refractivity contribution in [2.24, 2.45) is 0 Å². The third-order valence-electron chi connectivity index (χ3n) is 3.36. The maximum atomic E-state index is 12.5. The van der Waals surface area contributed by atoms with Gasteiger partial charge in [-0.1, -0.05) is 6.07 Å². The van der Waals surface area contributed by atoms with Crippen LogP contribution in [-0.2, 0) is 0 Å². The van der Waals surface area contributed by atoms with Gasteiger partial charge in [-0.25, -0.2) is 0 Å². The molecule has 0 unspecified atom stereocenters. The number of carbonyl (C=O) groups excluding carboxylic acids is 1. The summed E-state index contributed by atoms with van der Waals surface area (Å²) in [7, 11) is 0. The number of nitrogens with one attached hydrogen (secondary N) is 1. The van der Waals surface area contributed by atoms with Crippen molar-refractivity contribution in [3.05, 3.63) is 57.6 Å². The molecule has 2 rings (SSSR count). The number of nitrogens with zero attached hydrogens (tertiary/aromatic N) is 1. The second-order valence-corrected chi connectivity index (χ2v) is 5.29. The molecule has 1 amide bonds. The van der Waals surface area contributed by atoms with Gasteiger partial charge < -0.3 is 14.8 Å². The fourth-order valence-electron chi connectivity index (χ4n) is 2.30. The van der Waals surface area contributed by atoms with Crippen molar-refractivity contribution in [2.75, 3.05) is 18.5 Å². The van der Waals surface area contributed by atoms with Crippen molar-refractivity contribution in [3.63, 3.8) is 0 Å².